The number of carbonyl (C=O) groups is 1. The van der Waals surface area contributed by atoms with Crippen molar-refractivity contribution in [3.63, 3.8) is 0 Å². The van der Waals surface area contributed by atoms with E-state index < -0.39 is 0 Å². The summed E-state index contributed by atoms with van der Waals surface area (Å²) in [6.07, 6.45) is 4.64. The van der Waals surface area contributed by atoms with Gasteiger partial charge in [0.2, 0.25) is 5.82 Å². The first-order chi connectivity index (χ1) is 14.7. The summed E-state index contributed by atoms with van der Waals surface area (Å²) in [6.45, 7) is 3.77. The van der Waals surface area contributed by atoms with Crippen molar-refractivity contribution in [2.24, 2.45) is 0 Å². The van der Waals surface area contributed by atoms with Crippen molar-refractivity contribution in [1.82, 2.24) is 9.97 Å². The van der Waals surface area contributed by atoms with Gasteiger partial charge in [0.05, 0.1) is 0 Å². The van der Waals surface area contributed by atoms with Gasteiger partial charge in [-0.25, -0.2) is 9.97 Å². The van der Waals surface area contributed by atoms with Gasteiger partial charge in [0.25, 0.3) is 5.91 Å². The summed E-state index contributed by atoms with van der Waals surface area (Å²) in [7, 11) is 0. The molecule has 2 aromatic heterocycles. The fraction of sp³-hybridized carbons (Fsp3) is 0.292. The molecule has 1 aliphatic rings. The number of hydrogen-bond donors (Lipinski definition) is 1. The standard InChI is InChI=1S/C24H24N4O2/c1-16-10-4-6-12-18(16)25-24(29)22-26-20-17-11-5-7-13-19(17)30-21(20)23(27-22)28-14-8-2-3-9-15-28/h4-7,10-13H,2-3,8-9,14-15H2,1H3,(H,25,29). The third kappa shape index (κ3) is 3.38. The van der Waals surface area contributed by atoms with E-state index in [2.05, 4.69) is 15.2 Å². The molecule has 0 radical (unpaired) electrons. The maximum atomic E-state index is 13.1. The van der Waals surface area contributed by atoms with E-state index in [9.17, 15) is 4.79 Å². The van der Waals surface area contributed by atoms with Gasteiger partial charge >= 0.3 is 0 Å². The number of nitrogens with zero attached hydrogens (tertiary/aromatic N) is 3. The summed E-state index contributed by atoms with van der Waals surface area (Å²) in [5.74, 6) is 0.567. The molecule has 0 unspecified atom stereocenters. The molecule has 1 fully saturated rings. The van der Waals surface area contributed by atoms with Crippen molar-refractivity contribution in [2.75, 3.05) is 23.3 Å². The van der Waals surface area contributed by atoms with Gasteiger partial charge in [-0.1, -0.05) is 43.2 Å². The van der Waals surface area contributed by atoms with Crippen molar-refractivity contribution >= 4 is 39.5 Å². The van der Waals surface area contributed by atoms with Crippen molar-refractivity contribution in [3.8, 4) is 0 Å². The fourth-order valence-electron chi connectivity index (χ4n) is 4.07. The molecule has 30 heavy (non-hydrogen) atoms. The first-order valence-corrected chi connectivity index (χ1v) is 10.5. The van der Waals surface area contributed by atoms with E-state index in [1.54, 1.807) is 0 Å². The minimum absolute atomic E-state index is 0.163. The lowest BCUT2D eigenvalue weighted by Gasteiger charge is -2.21. The average molecular weight is 400 g/mol. The molecular weight excluding hydrogens is 376 g/mol. The third-order valence-electron chi connectivity index (χ3n) is 5.70. The number of hydrogen-bond acceptors (Lipinski definition) is 5. The van der Waals surface area contributed by atoms with Gasteiger partial charge in [-0.3, -0.25) is 4.79 Å². The summed E-state index contributed by atoms with van der Waals surface area (Å²) in [4.78, 5) is 24.6. The molecule has 0 aliphatic carbocycles. The zero-order chi connectivity index (χ0) is 20.5. The maximum absolute atomic E-state index is 13.1. The van der Waals surface area contributed by atoms with E-state index in [1.807, 2.05) is 55.5 Å². The summed E-state index contributed by atoms with van der Waals surface area (Å²) in [5, 5.41) is 3.86. The molecule has 3 heterocycles. The molecule has 6 nitrogen and oxygen atoms in total. The Morgan fingerprint density at radius 1 is 0.967 bits per heavy atom. The number of nitrogens with one attached hydrogen (secondary N) is 1. The molecule has 0 bridgehead atoms. The Kier molecular flexibility index (Phi) is 4.83. The highest BCUT2D eigenvalue weighted by molar-refractivity contribution is 6.09. The molecule has 1 saturated heterocycles. The van der Waals surface area contributed by atoms with Crippen LogP contribution in [0.1, 0.15) is 41.9 Å². The second-order valence-corrected chi connectivity index (χ2v) is 7.82. The lowest BCUT2D eigenvalue weighted by atomic mass is 10.2. The van der Waals surface area contributed by atoms with Gasteiger partial charge in [-0.2, -0.15) is 0 Å². The molecule has 2 aromatic carbocycles. The van der Waals surface area contributed by atoms with Gasteiger partial charge in [-0.15, -0.1) is 0 Å². The number of fused-ring (bicyclic) bond motifs is 3. The van der Waals surface area contributed by atoms with E-state index in [4.69, 9.17) is 9.40 Å². The molecule has 6 heteroatoms. The van der Waals surface area contributed by atoms with Gasteiger partial charge in [-0.05, 0) is 43.5 Å². The summed E-state index contributed by atoms with van der Waals surface area (Å²) in [6, 6.07) is 15.5. The van der Waals surface area contributed by atoms with Crippen LogP contribution in [-0.2, 0) is 0 Å². The average Bonchev–Trinajstić information content (AvgIpc) is 2.93. The first kappa shape index (κ1) is 18.6. The molecule has 152 valence electrons. The number of aromatic nitrogens is 2. The molecule has 5 rings (SSSR count). The Balaban J connectivity index is 1.63. The Hall–Kier alpha value is -3.41. The Morgan fingerprint density at radius 2 is 1.70 bits per heavy atom. The van der Waals surface area contributed by atoms with Crippen LogP contribution in [0.2, 0.25) is 0 Å². The molecule has 0 spiro atoms. The SMILES string of the molecule is Cc1ccccc1NC(=O)c1nc(N2CCCCCC2)c2oc3ccccc3c2n1. The zero-order valence-electron chi connectivity index (χ0n) is 17.0. The molecule has 0 saturated carbocycles. The Labute approximate surface area is 174 Å². The van der Waals surface area contributed by atoms with Crippen molar-refractivity contribution in [3.05, 3.63) is 59.9 Å². The zero-order valence-corrected chi connectivity index (χ0v) is 17.0. The van der Waals surface area contributed by atoms with Crippen LogP contribution in [0, 0.1) is 6.92 Å². The van der Waals surface area contributed by atoms with Crippen LogP contribution < -0.4 is 10.2 Å². The number of anilines is 2. The molecular formula is C24H24N4O2. The first-order valence-electron chi connectivity index (χ1n) is 10.5. The molecule has 4 aromatic rings. The second kappa shape index (κ2) is 7.78. The highest BCUT2D eigenvalue weighted by Crippen LogP contribution is 2.34. The van der Waals surface area contributed by atoms with Gasteiger partial charge < -0.3 is 14.6 Å². The highest BCUT2D eigenvalue weighted by atomic mass is 16.3. The minimum atomic E-state index is -0.312. The summed E-state index contributed by atoms with van der Waals surface area (Å²) in [5.41, 5.74) is 3.86. The predicted octanol–water partition coefficient (Wildman–Crippen LogP) is 5.32. The Bertz CT molecular complexity index is 1220. The summed E-state index contributed by atoms with van der Waals surface area (Å²) < 4.78 is 6.15. The number of benzene rings is 2. The fourth-order valence-corrected chi connectivity index (χ4v) is 4.07. The van der Waals surface area contributed by atoms with Gasteiger partial charge in [0.1, 0.15) is 11.1 Å². The normalized spacial score (nSPS) is 14.8. The minimum Gasteiger partial charge on any atom is -0.450 e. The van der Waals surface area contributed by atoms with Crippen molar-refractivity contribution < 1.29 is 9.21 Å². The third-order valence-corrected chi connectivity index (χ3v) is 5.70. The van der Waals surface area contributed by atoms with E-state index >= 15 is 0 Å². The number of amides is 1. The molecule has 1 aliphatic heterocycles. The van der Waals surface area contributed by atoms with Crippen LogP contribution in [-0.4, -0.2) is 29.0 Å². The van der Waals surface area contributed by atoms with E-state index in [-0.39, 0.29) is 11.7 Å². The number of aryl methyl sites for hydroxylation is 1. The van der Waals surface area contributed by atoms with Crippen LogP contribution >= 0.6 is 0 Å². The van der Waals surface area contributed by atoms with Crippen LogP contribution in [0.5, 0.6) is 0 Å². The van der Waals surface area contributed by atoms with Gasteiger partial charge in [0.15, 0.2) is 11.4 Å². The van der Waals surface area contributed by atoms with Gasteiger partial charge in [0, 0.05) is 24.2 Å². The molecule has 0 atom stereocenters. The smallest absolute Gasteiger partial charge is 0.293 e. The molecule has 1 N–H and O–H groups in total. The quantitative estimate of drug-likeness (QED) is 0.504. The van der Waals surface area contributed by atoms with E-state index in [0.29, 0.717) is 16.9 Å². The van der Waals surface area contributed by atoms with Crippen LogP contribution in [0.3, 0.4) is 0 Å². The van der Waals surface area contributed by atoms with Crippen molar-refractivity contribution in [1.29, 1.82) is 0 Å². The van der Waals surface area contributed by atoms with Crippen LogP contribution in [0.4, 0.5) is 11.5 Å². The van der Waals surface area contributed by atoms with E-state index in [1.165, 1.54) is 12.8 Å². The number of para-hydroxylation sites is 2. The maximum Gasteiger partial charge on any atom is 0.293 e. The van der Waals surface area contributed by atoms with Crippen LogP contribution in [0.15, 0.2) is 52.9 Å². The molecule has 1 amide bonds. The van der Waals surface area contributed by atoms with E-state index in [0.717, 1.165) is 48.2 Å². The number of rotatable bonds is 3. The second-order valence-electron chi connectivity index (χ2n) is 7.82. The number of carbonyl (C=O) groups excluding carboxylic acids is 1. The predicted molar refractivity (Wildman–Crippen MR) is 119 cm³/mol. The summed E-state index contributed by atoms with van der Waals surface area (Å²) >= 11 is 0. The highest BCUT2D eigenvalue weighted by Gasteiger charge is 2.23. The topological polar surface area (TPSA) is 71.3 Å². The lowest BCUT2D eigenvalue weighted by Crippen LogP contribution is -2.27. The van der Waals surface area contributed by atoms with Crippen LogP contribution in [0.25, 0.3) is 22.1 Å². The Morgan fingerprint density at radius 3 is 2.50 bits per heavy atom. The largest absolute Gasteiger partial charge is 0.450 e. The van der Waals surface area contributed by atoms with Crippen molar-refractivity contribution in [2.45, 2.75) is 32.6 Å². The lowest BCUT2D eigenvalue weighted by molar-refractivity contribution is 0.101. The number of furan rings is 1. The monoisotopic (exact) mass is 400 g/mol.